The Morgan fingerprint density at radius 2 is 1.90 bits per heavy atom. The maximum absolute atomic E-state index is 14.2. The molecule has 1 heterocycles. The zero-order chi connectivity index (χ0) is 15.0. The Hall–Kier alpha value is -1.42. The van der Waals surface area contributed by atoms with E-state index in [1.165, 1.54) is 6.07 Å². The number of carbonyl (C=O) groups excluding carboxylic acids is 2. The third kappa shape index (κ3) is 2.82. The second-order valence-corrected chi connectivity index (χ2v) is 6.40. The predicted molar refractivity (Wildman–Crippen MR) is 77.4 cm³/mol. The molecule has 1 saturated carbocycles. The van der Waals surface area contributed by atoms with Crippen LogP contribution >= 0.6 is 11.6 Å². The van der Waals surface area contributed by atoms with Crippen LogP contribution in [0.15, 0.2) is 18.2 Å². The van der Waals surface area contributed by atoms with Crippen molar-refractivity contribution in [3.8, 4) is 0 Å². The standard InChI is InChI=1S/C16H17ClFNO2/c17-10-5-6-11(13(18)7-10)12-8-14(20)19-16(21)15(12)9-3-1-2-4-9/h5-7,9,12,15H,1-4,8H2,(H,19,20,21). The van der Waals surface area contributed by atoms with E-state index in [0.29, 0.717) is 10.6 Å². The fourth-order valence-electron chi connectivity index (χ4n) is 3.75. The van der Waals surface area contributed by atoms with E-state index in [0.717, 1.165) is 25.7 Å². The Balaban J connectivity index is 1.98. The number of imide groups is 1. The number of piperidine rings is 1. The van der Waals surface area contributed by atoms with Gasteiger partial charge in [-0.25, -0.2) is 4.39 Å². The lowest BCUT2D eigenvalue weighted by Gasteiger charge is -2.34. The Bertz CT molecular complexity index is 584. The van der Waals surface area contributed by atoms with E-state index in [-0.39, 0.29) is 36.0 Å². The van der Waals surface area contributed by atoms with Gasteiger partial charge in [-0.3, -0.25) is 14.9 Å². The van der Waals surface area contributed by atoms with Crippen molar-refractivity contribution in [1.29, 1.82) is 0 Å². The van der Waals surface area contributed by atoms with Gasteiger partial charge in [-0.1, -0.05) is 30.5 Å². The largest absolute Gasteiger partial charge is 0.296 e. The van der Waals surface area contributed by atoms with Gasteiger partial charge < -0.3 is 0 Å². The van der Waals surface area contributed by atoms with Crippen LogP contribution in [0.3, 0.4) is 0 Å². The van der Waals surface area contributed by atoms with Gasteiger partial charge >= 0.3 is 0 Å². The summed E-state index contributed by atoms with van der Waals surface area (Å²) in [4.78, 5) is 24.0. The van der Waals surface area contributed by atoms with Crippen molar-refractivity contribution in [2.24, 2.45) is 11.8 Å². The highest BCUT2D eigenvalue weighted by Crippen LogP contribution is 2.43. The second-order valence-electron chi connectivity index (χ2n) is 5.96. The van der Waals surface area contributed by atoms with Crippen LogP contribution in [-0.2, 0) is 9.59 Å². The summed E-state index contributed by atoms with van der Waals surface area (Å²) in [5.74, 6) is -1.48. The fraction of sp³-hybridized carbons (Fsp3) is 0.500. The first-order valence-corrected chi connectivity index (χ1v) is 7.72. The van der Waals surface area contributed by atoms with E-state index < -0.39 is 5.82 Å². The van der Waals surface area contributed by atoms with Crippen molar-refractivity contribution < 1.29 is 14.0 Å². The fourth-order valence-corrected chi connectivity index (χ4v) is 3.90. The highest BCUT2D eigenvalue weighted by atomic mass is 35.5. The van der Waals surface area contributed by atoms with Gasteiger partial charge in [-0.2, -0.15) is 0 Å². The molecule has 2 amide bonds. The summed E-state index contributed by atoms with van der Waals surface area (Å²) in [5, 5.41) is 2.73. The van der Waals surface area contributed by atoms with Crippen molar-refractivity contribution in [2.75, 3.05) is 0 Å². The molecule has 1 saturated heterocycles. The van der Waals surface area contributed by atoms with Crippen LogP contribution in [-0.4, -0.2) is 11.8 Å². The maximum atomic E-state index is 14.2. The molecule has 0 bridgehead atoms. The summed E-state index contributed by atoms with van der Waals surface area (Å²) in [6.07, 6.45) is 4.29. The molecule has 2 atom stereocenters. The average Bonchev–Trinajstić information content (AvgIpc) is 2.91. The lowest BCUT2D eigenvalue weighted by Crippen LogP contribution is -2.47. The smallest absolute Gasteiger partial charge is 0.230 e. The van der Waals surface area contributed by atoms with Crippen LogP contribution < -0.4 is 5.32 Å². The molecule has 1 N–H and O–H groups in total. The minimum Gasteiger partial charge on any atom is -0.296 e. The van der Waals surface area contributed by atoms with Crippen molar-refractivity contribution in [3.63, 3.8) is 0 Å². The second kappa shape index (κ2) is 5.76. The molecule has 0 spiro atoms. The number of rotatable bonds is 2. The lowest BCUT2D eigenvalue weighted by molar-refractivity contribution is -0.138. The predicted octanol–water partition coefficient (Wildman–Crippen LogP) is 3.42. The third-order valence-electron chi connectivity index (χ3n) is 4.67. The summed E-state index contributed by atoms with van der Waals surface area (Å²) in [5.41, 5.74) is 0.430. The Morgan fingerprint density at radius 3 is 2.57 bits per heavy atom. The van der Waals surface area contributed by atoms with Crippen LogP contribution in [0, 0.1) is 17.7 Å². The Morgan fingerprint density at radius 1 is 1.19 bits per heavy atom. The summed E-state index contributed by atoms with van der Waals surface area (Å²) in [6.45, 7) is 0. The van der Waals surface area contributed by atoms with Crippen LogP contribution in [0.4, 0.5) is 4.39 Å². The van der Waals surface area contributed by atoms with E-state index >= 15 is 0 Å². The van der Waals surface area contributed by atoms with Gasteiger partial charge in [0.15, 0.2) is 0 Å². The minimum absolute atomic E-state index is 0.158. The summed E-state index contributed by atoms with van der Waals surface area (Å²) < 4.78 is 14.2. The molecule has 0 aromatic heterocycles. The van der Waals surface area contributed by atoms with Crippen molar-refractivity contribution in [1.82, 2.24) is 5.32 Å². The number of carbonyl (C=O) groups is 2. The summed E-state index contributed by atoms with van der Waals surface area (Å²) >= 11 is 5.79. The quantitative estimate of drug-likeness (QED) is 0.851. The van der Waals surface area contributed by atoms with Crippen molar-refractivity contribution in [3.05, 3.63) is 34.6 Å². The SMILES string of the molecule is O=C1CC(c2ccc(Cl)cc2F)C(C2CCCC2)C(=O)N1. The molecule has 21 heavy (non-hydrogen) atoms. The molecule has 1 aromatic carbocycles. The third-order valence-corrected chi connectivity index (χ3v) is 4.91. The molecule has 1 aromatic rings. The van der Waals surface area contributed by atoms with Gasteiger partial charge in [0.05, 0.1) is 0 Å². The molecule has 2 fully saturated rings. The van der Waals surface area contributed by atoms with Gasteiger partial charge in [-0.15, -0.1) is 0 Å². The van der Waals surface area contributed by atoms with Crippen LogP contribution in [0.1, 0.15) is 43.6 Å². The summed E-state index contributed by atoms with van der Waals surface area (Å²) in [7, 11) is 0. The number of benzene rings is 1. The molecule has 1 aliphatic heterocycles. The highest BCUT2D eigenvalue weighted by Gasteiger charge is 2.43. The van der Waals surface area contributed by atoms with Gasteiger partial charge in [0.1, 0.15) is 5.82 Å². The van der Waals surface area contributed by atoms with Crippen LogP contribution in [0.5, 0.6) is 0 Å². The average molecular weight is 310 g/mol. The van der Waals surface area contributed by atoms with Crippen molar-refractivity contribution >= 4 is 23.4 Å². The van der Waals surface area contributed by atoms with Gasteiger partial charge in [0.2, 0.25) is 11.8 Å². The monoisotopic (exact) mass is 309 g/mol. The van der Waals surface area contributed by atoms with Crippen LogP contribution in [0.2, 0.25) is 5.02 Å². The van der Waals surface area contributed by atoms with Crippen molar-refractivity contribution in [2.45, 2.75) is 38.0 Å². The first-order chi connectivity index (χ1) is 10.1. The van der Waals surface area contributed by atoms with E-state index in [9.17, 15) is 14.0 Å². The molecular weight excluding hydrogens is 293 g/mol. The first-order valence-electron chi connectivity index (χ1n) is 7.35. The molecule has 0 radical (unpaired) electrons. The molecule has 112 valence electrons. The van der Waals surface area contributed by atoms with Crippen LogP contribution in [0.25, 0.3) is 0 Å². The van der Waals surface area contributed by atoms with E-state index in [2.05, 4.69) is 5.32 Å². The Kier molecular flexibility index (Phi) is 3.98. The molecular formula is C16H17ClFNO2. The first kappa shape index (κ1) is 14.5. The summed E-state index contributed by atoms with van der Waals surface area (Å²) in [6, 6.07) is 4.47. The number of nitrogens with one attached hydrogen (secondary N) is 1. The number of amides is 2. The van der Waals surface area contributed by atoms with E-state index in [1.54, 1.807) is 12.1 Å². The minimum atomic E-state index is -0.432. The topological polar surface area (TPSA) is 46.2 Å². The normalized spacial score (nSPS) is 27.0. The molecule has 5 heteroatoms. The molecule has 1 aliphatic carbocycles. The molecule has 3 rings (SSSR count). The van der Waals surface area contributed by atoms with Gasteiger partial charge in [0.25, 0.3) is 0 Å². The number of halogens is 2. The Labute approximate surface area is 127 Å². The van der Waals surface area contributed by atoms with E-state index in [1.807, 2.05) is 0 Å². The number of hydrogen-bond donors (Lipinski definition) is 1. The number of hydrogen-bond acceptors (Lipinski definition) is 2. The van der Waals surface area contributed by atoms with E-state index in [4.69, 9.17) is 11.6 Å². The lowest BCUT2D eigenvalue weighted by atomic mass is 9.73. The zero-order valence-electron chi connectivity index (χ0n) is 11.6. The molecule has 3 nitrogen and oxygen atoms in total. The zero-order valence-corrected chi connectivity index (χ0v) is 12.3. The maximum Gasteiger partial charge on any atom is 0.230 e. The molecule has 2 unspecified atom stereocenters. The highest BCUT2D eigenvalue weighted by molar-refractivity contribution is 6.30. The van der Waals surface area contributed by atoms with Gasteiger partial charge in [-0.05, 0) is 36.5 Å². The van der Waals surface area contributed by atoms with Gasteiger partial charge in [0, 0.05) is 23.3 Å². The molecule has 2 aliphatic rings.